The van der Waals surface area contributed by atoms with Gasteiger partial charge in [0.25, 0.3) is 0 Å². The molecule has 0 rings (SSSR count). The lowest BCUT2D eigenvalue weighted by Crippen LogP contribution is -2.32. The maximum Gasteiger partial charge on any atom is 0.327 e. The van der Waals surface area contributed by atoms with Crippen molar-refractivity contribution in [1.82, 2.24) is 0 Å². The molecule has 0 aromatic carbocycles. The predicted molar refractivity (Wildman–Crippen MR) is 47.1 cm³/mol. The maximum atomic E-state index is 10.9. The Morgan fingerprint density at radius 1 is 1.43 bits per heavy atom. The molecule has 2 unspecified atom stereocenters. The Hall–Kier alpha value is -0.390. The number of aliphatic hydroxyl groups excluding tert-OH is 2. The number of aliphatic hydroxyl groups is 2. The lowest BCUT2D eigenvalue weighted by Gasteiger charge is -2.14. The Labute approximate surface area is 83.1 Å². The topological polar surface area (TPSA) is 93.1 Å². The molecule has 0 bridgehead atoms. The molecular formula is C7H13O6P. The van der Waals surface area contributed by atoms with E-state index >= 15 is 0 Å². The first-order valence-electron chi connectivity index (χ1n) is 3.93. The number of carbonyl (C=O) groups excluding carboxylic acids is 1. The third-order valence-electron chi connectivity index (χ3n) is 1.48. The van der Waals surface area contributed by atoms with Crippen LogP contribution in [0.1, 0.15) is 6.42 Å². The molecule has 7 heteroatoms. The molecule has 0 fully saturated rings. The van der Waals surface area contributed by atoms with Gasteiger partial charge in [-0.05, 0) is 0 Å². The van der Waals surface area contributed by atoms with Gasteiger partial charge in [0.2, 0.25) is 0 Å². The molecule has 0 amide bonds. The van der Waals surface area contributed by atoms with Gasteiger partial charge in [0, 0.05) is 13.5 Å². The first kappa shape index (κ1) is 13.6. The fourth-order valence-corrected chi connectivity index (χ4v) is 1.02. The second-order valence-corrected chi connectivity index (χ2v) is 3.09. The lowest BCUT2D eigenvalue weighted by molar-refractivity contribution is -0.126. The minimum Gasteiger partial charge on any atom is -0.390 e. The first-order valence-corrected chi connectivity index (χ1v) is 4.66. The van der Waals surface area contributed by atoms with Gasteiger partial charge in [-0.25, -0.2) is 4.57 Å². The highest BCUT2D eigenvalue weighted by molar-refractivity contribution is 7.17. The highest BCUT2D eigenvalue weighted by Gasteiger charge is 2.19. The Morgan fingerprint density at radius 3 is 2.57 bits per heavy atom. The largest absolute Gasteiger partial charge is 0.390 e. The van der Waals surface area contributed by atoms with Gasteiger partial charge < -0.3 is 14.9 Å². The van der Waals surface area contributed by atoms with Crippen molar-refractivity contribution in [2.24, 2.45) is 0 Å². The summed E-state index contributed by atoms with van der Waals surface area (Å²) in [4.78, 5) is 10.9. The van der Waals surface area contributed by atoms with E-state index < -0.39 is 20.9 Å². The van der Waals surface area contributed by atoms with Gasteiger partial charge in [0.1, 0.15) is 12.7 Å². The zero-order chi connectivity index (χ0) is 11.0. The molecule has 6 nitrogen and oxygen atoms in total. The molecule has 0 aliphatic heterocycles. The van der Waals surface area contributed by atoms with Crippen molar-refractivity contribution >= 4 is 14.5 Å². The molecule has 0 aliphatic carbocycles. The Kier molecular flexibility index (Phi) is 7.74. The highest BCUT2D eigenvalue weighted by atomic mass is 31.1. The van der Waals surface area contributed by atoms with Crippen molar-refractivity contribution in [3.05, 3.63) is 0 Å². The predicted octanol–water partition coefficient (Wildman–Crippen LogP) is -0.463. The van der Waals surface area contributed by atoms with E-state index in [2.05, 4.69) is 9.26 Å². The van der Waals surface area contributed by atoms with Crippen molar-refractivity contribution in [3.63, 3.8) is 0 Å². The summed E-state index contributed by atoms with van der Waals surface area (Å²) in [7, 11) is 0.789. The van der Waals surface area contributed by atoms with Crippen LogP contribution in [0.2, 0.25) is 0 Å². The summed E-state index contributed by atoms with van der Waals surface area (Å²) < 4.78 is 18.7. The van der Waals surface area contributed by atoms with Crippen LogP contribution >= 0.6 is 8.69 Å². The number of methoxy groups -OCH3 is 1. The summed E-state index contributed by atoms with van der Waals surface area (Å²) in [6.07, 6.45) is -2.66. The second kappa shape index (κ2) is 7.96. The quantitative estimate of drug-likeness (QED) is 0.542. The summed E-state index contributed by atoms with van der Waals surface area (Å²) in [5.41, 5.74) is 0. The van der Waals surface area contributed by atoms with Crippen LogP contribution in [0.25, 0.3) is 0 Å². The van der Waals surface area contributed by atoms with Crippen molar-refractivity contribution < 1.29 is 28.8 Å². The van der Waals surface area contributed by atoms with Crippen LogP contribution in [0.4, 0.5) is 0 Å². The fourth-order valence-electron chi connectivity index (χ4n) is 0.807. The minimum atomic E-state index is -1.22. The van der Waals surface area contributed by atoms with E-state index in [1.807, 2.05) is 0 Å². The minimum absolute atomic E-state index is 0.107. The van der Waals surface area contributed by atoms with Crippen LogP contribution in [0.5, 0.6) is 0 Å². The van der Waals surface area contributed by atoms with E-state index in [9.17, 15) is 14.5 Å². The molecule has 0 spiro atoms. The maximum absolute atomic E-state index is 10.9. The van der Waals surface area contributed by atoms with Gasteiger partial charge in [-0.1, -0.05) is 0 Å². The number of hydrogen-bond donors (Lipinski definition) is 2. The molecule has 2 atom stereocenters. The molecule has 0 aromatic heterocycles. The first-order chi connectivity index (χ1) is 6.61. The van der Waals surface area contributed by atoms with Gasteiger partial charge >= 0.3 is 8.69 Å². The van der Waals surface area contributed by atoms with Crippen LogP contribution in [-0.2, 0) is 18.6 Å². The molecule has 14 heavy (non-hydrogen) atoms. The molecular weight excluding hydrogens is 211 g/mol. The Bertz CT molecular complexity index is 185. The molecule has 0 aromatic rings. The monoisotopic (exact) mass is 224 g/mol. The Morgan fingerprint density at radius 2 is 2.07 bits per heavy atom. The number of ether oxygens (including phenoxy) is 1. The van der Waals surface area contributed by atoms with Crippen LogP contribution in [-0.4, -0.2) is 48.5 Å². The third-order valence-corrected chi connectivity index (χ3v) is 1.74. The van der Waals surface area contributed by atoms with Crippen LogP contribution < -0.4 is 0 Å². The second-order valence-electron chi connectivity index (χ2n) is 2.68. The van der Waals surface area contributed by atoms with E-state index in [0.717, 1.165) is 0 Å². The van der Waals surface area contributed by atoms with Crippen molar-refractivity contribution in [3.8, 4) is 0 Å². The molecule has 0 saturated heterocycles. The molecule has 82 valence electrons. The fraction of sp³-hybridized carbons (Fsp3) is 0.857. The number of ketones is 1. The number of Topliss-reactive ketones (excluding diaryl/α,β-unsaturated/α-hetero) is 1. The van der Waals surface area contributed by atoms with Crippen molar-refractivity contribution in [2.75, 3.05) is 20.3 Å². The zero-order valence-electron chi connectivity index (χ0n) is 7.75. The average Bonchev–Trinajstić information content (AvgIpc) is 2.14. The molecule has 0 radical (unpaired) electrons. The Balaban J connectivity index is 3.75. The summed E-state index contributed by atoms with van der Waals surface area (Å²) in [5.74, 6) is -0.321. The number of rotatable bonds is 8. The van der Waals surface area contributed by atoms with Gasteiger partial charge in [0.15, 0.2) is 5.78 Å². The smallest absolute Gasteiger partial charge is 0.327 e. The lowest BCUT2D eigenvalue weighted by atomic mass is 10.1. The van der Waals surface area contributed by atoms with Gasteiger partial charge in [-0.15, -0.1) is 0 Å². The van der Waals surface area contributed by atoms with Gasteiger partial charge in [-0.2, -0.15) is 0 Å². The average molecular weight is 224 g/mol. The van der Waals surface area contributed by atoms with E-state index in [1.54, 1.807) is 0 Å². The molecule has 0 aliphatic rings. The van der Waals surface area contributed by atoms with E-state index in [-0.39, 0.29) is 25.4 Å². The molecule has 2 N–H and O–H groups in total. The van der Waals surface area contributed by atoms with Crippen LogP contribution in [0.15, 0.2) is 0 Å². The van der Waals surface area contributed by atoms with E-state index in [4.69, 9.17) is 5.11 Å². The van der Waals surface area contributed by atoms with E-state index in [1.165, 1.54) is 7.11 Å². The third kappa shape index (κ3) is 6.12. The summed E-state index contributed by atoms with van der Waals surface area (Å²) >= 11 is 0. The standard InChI is InChI=1S/C7H13O6P/c1-12-3-5(8)2-6(9)7(10)4-13-14-11/h6-7,9-10H,2-4H2,1H3. The summed E-state index contributed by atoms with van der Waals surface area (Å²) in [6, 6.07) is 0. The van der Waals surface area contributed by atoms with Gasteiger partial charge in [-0.3, -0.25) is 9.32 Å². The SMILES string of the molecule is COCC(=O)CC(O)C(O)COP=O. The highest BCUT2D eigenvalue weighted by Crippen LogP contribution is 2.04. The molecule has 0 heterocycles. The van der Waals surface area contributed by atoms with Crippen molar-refractivity contribution in [1.29, 1.82) is 0 Å². The normalized spacial score (nSPS) is 15.4. The van der Waals surface area contributed by atoms with Gasteiger partial charge in [0.05, 0.1) is 12.7 Å². The molecule has 0 saturated carbocycles. The van der Waals surface area contributed by atoms with E-state index in [0.29, 0.717) is 0 Å². The van der Waals surface area contributed by atoms with Crippen LogP contribution in [0, 0.1) is 0 Å². The number of hydrogen-bond acceptors (Lipinski definition) is 6. The zero-order valence-corrected chi connectivity index (χ0v) is 8.65. The summed E-state index contributed by atoms with van der Waals surface area (Å²) in [5, 5.41) is 18.4. The number of carbonyl (C=O) groups is 1. The summed E-state index contributed by atoms with van der Waals surface area (Å²) in [6.45, 7) is -0.392. The van der Waals surface area contributed by atoms with Crippen molar-refractivity contribution in [2.45, 2.75) is 18.6 Å². The van der Waals surface area contributed by atoms with Crippen LogP contribution in [0.3, 0.4) is 0 Å².